The summed E-state index contributed by atoms with van der Waals surface area (Å²) < 4.78 is 0. The van der Waals surface area contributed by atoms with Crippen molar-refractivity contribution in [2.24, 2.45) is 0 Å². The summed E-state index contributed by atoms with van der Waals surface area (Å²) in [5.41, 5.74) is 0. The Hall–Kier alpha value is -0.440. The van der Waals surface area contributed by atoms with Gasteiger partial charge in [-0.05, 0) is 25.7 Å². The summed E-state index contributed by atoms with van der Waals surface area (Å²) in [6, 6.07) is 0.161. The van der Waals surface area contributed by atoms with Gasteiger partial charge in [0.2, 0.25) is 0 Å². The van der Waals surface area contributed by atoms with Gasteiger partial charge in [0.1, 0.15) is 0 Å². The first-order valence-electron chi connectivity index (χ1n) is 4.31. The molecule has 1 N–H and O–H groups in total. The summed E-state index contributed by atoms with van der Waals surface area (Å²) >= 11 is 5.59. The molecule has 0 radical (unpaired) electrons. The van der Waals surface area contributed by atoms with Gasteiger partial charge in [0.25, 0.3) is 0 Å². The Morgan fingerprint density at radius 3 is 2.92 bits per heavy atom. The third kappa shape index (κ3) is 2.27. The monoisotopic (exact) mass is 191 g/mol. The molecule has 1 heterocycles. The Balaban J connectivity index is 2.48. The molecule has 0 unspecified atom stereocenters. The van der Waals surface area contributed by atoms with Gasteiger partial charge in [-0.25, -0.2) is 4.79 Å². The molecular formula is C8H14ClNO2. The van der Waals surface area contributed by atoms with E-state index in [2.05, 4.69) is 0 Å². The summed E-state index contributed by atoms with van der Waals surface area (Å²) in [6.45, 7) is 0.677. The van der Waals surface area contributed by atoms with E-state index in [1.807, 2.05) is 0 Å². The Kier molecular flexibility index (Phi) is 3.66. The SMILES string of the molecule is O=C(O)N1CCCC[C@@H]1CCCl. The standard InChI is InChI=1S/C8H14ClNO2/c9-5-4-7-3-1-2-6-10(7)8(11)12/h7H,1-6H2,(H,11,12)/t7-/m1/s1. The van der Waals surface area contributed by atoms with E-state index in [0.29, 0.717) is 12.4 Å². The molecule has 0 aromatic rings. The second-order valence-electron chi connectivity index (χ2n) is 3.10. The number of hydrogen-bond acceptors (Lipinski definition) is 1. The molecule has 70 valence electrons. The fourth-order valence-corrected chi connectivity index (χ4v) is 1.93. The first-order valence-corrected chi connectivity index (χ1v) is 4.84. The maximum Gasteiger partial charge on any atom is 0.407 e. The van der Waals surface area contributed by atoms with Gasteiger partial charge >= 0.3 is 6.09 Å². The molecule has 0 aromatic carbocycles. The lowest BCUT2D eigenvalue weighted by molar-refractivity contribution is 0.105. The fourth-order valence-electron chi connectivity index (χ4n) is 1.68. The molecule has 0 saturated carbocycles. The summed E-state index contributed by atoms with van der Waals surface area (Å²) in [5.74, 6) is 0.550. The first-order chi connectivity index (χ1) is 5.75. The zero-order valence-electron chi connectivity index (χ0n) is 7.00. The van der Waals surface area contributed by atoms with Crippen LogP contribution in [0.4, 0.5) is 4.79 Å². The number of amides is 1. The van der Waals surface area contributed by atoms with Crippen LogP contribution in [-0.4, -0.2) is 34.6 Å². The van der Waals surface area contributed by atoms with Crippen LogP contribution in [0.25, 0.3) is 0 Å². The Labute approximate surface area is 77.3 Å². The maximum absolute atomic E-state index is 10.7. The van der Waals surface area contributed by atoms with Crippen molar-refractivity contribution in [3.05, 3.63) is 0 Å². The van der Waals surface area contributed by atoms with E-state index in [0.717, 1.165) is 25.7 Å². The Morgan fingerprint density at radius 1 is 1.58 bits per heavy atom. The zero-order valence-corrected chi connectivity index (χ0v) is 7.76. The predicted octanol–water partition coefficient (Wildman–Crippen LogP) is 2.15. The second kappa shape index (κ2) is 4.55. The number of rotatable bonds is 2. The molecule has 0 spiro atoms. The molecule has 1 atom stereocenters. The lowest BCUT2D eigenvalue weighted by Crippen LogP contribution is -2.43. The summed E-state index contributed by atoms with van der Waals surface area (Å²) in [4.78, 5) is 12.2. The highest BCUT2D eigenvalue weighted by Gasteiger charge is 2.25. The lowest BCUT2D eigenvalue weighted by atomic mass is 10.0. The number of hydrogen-bond donors (Lipinski definition) is 1. The highest BCUT2D eigenvalue weighted by Crippen LogP contribution is 2.19. The molecule has 1 amide bonds. The number of nitrogens with zero attached hydrogens (tertiary/aromatic N) is 1. The molecule has 1 fully saturated rings. The van der Waals surface area contributed by atoms with Gasteiger partial charge in [-0.2, -0.15) is 0 Å². The van der Waals surface area contributed by atoms with Crippen molar-refractivity contribution in [1.82, 2.24) is 4.90 Å². The van der Waals surface area contributed by atoms with Crippen molar-refractivity contribution in [3.8, 4) is 0 Å². The average molecular weight is 192 g/mol. The topological polar surface area (TPSA) is 40.5 Å². The van der Waals surface area contributed by atoms with Gasteiger partial charge < -0.3 is 10.0 Å². The van der Waals surface area contributed by atoms with Crippen LogP contribution in [0.15, 0.2) is 0 Å². The van der Waals surface area contributed by atoms with E-state index < -0.39 is 6.09 Å². The largest absolute Gasteiger partial charge is 0.465 e. The third-order valence-corrected chi connectivity index (χ3v) is 2.53. The lowest BCUT2D eigenvalue weighted by Gasteiger charge is -2.33. The molecule has 0 aromatic heterocycles. The van der Waals surface area contributed by atoms with E-state index in [-0.39, 0.29) is 6.04 Å². The number of likely N-dealkylation sites (tertiary alicyclic amines) is 1. The van der Waals surface area contributed by atoms with Crippen molar-refractivity contribution in [2.75, 3.05) is 12.4 Å². The Morgan fingerprint density at radius 2 is 2.33 bits per heavy atom. The van der Waals surface area contributed by atoms with Crippen LogP contribution in [-0.2, 0) is 0 Å². The smallest absolute Gasteiger partial charge is 0.407 e. The minimum Gasteiger partial charge on any atom is -0.465 e. The van der Waals surface area contributed by atoms with E-state index in [1.165, 1.54) is 4.90 Å². The average Bonchev–Trinajstić information content (AvgIpc) is 2.05. The van der Waals surface area contributed by atoms with E-state index in [9.17, 15) is 4.79 Å². The van der Waals surface area contributed by atoms with Gasteiger partial charge in [-0.1, -0.05) is 0 Å². The van der Waals surface area contributed by atoms with Crippen molar-refractivity contribution in [3.63, 3.8) is 0 Å². The molecule has 1 aliphatic rings. The van der Waals surface area contributed by atoms with Gasteiger partial charge in [-0.3, -0.25) is 0 Å². The summed E-state index contributed by atoms with van der Waals surface area (Å²) in [7, 11) is 0. The molecule has 1 rings (SSSR count). The van der Waals surface area contributed by atoms with Crippen LogP contribution in [0.2, 0.25) is 0 Å². The molecule has 1 saturated heterocycles. The predicted molar refractivity (Wildman–Crippen MR) is 47.7 cm³/mol. The molecule has 12 heavy (non-hydrogen) atoms. The van der Waals surface area contributed by atoms with Crippen LogP contribution in [0, 0.1) is 0 Å². The highest BCUT2D eigenvalue weighted by molar-refractivity contribution is 6.17. The van der Waals surface area contributed by atoms with E-state index >= 15 is 0 Å². The first kappa shape index (κ1) is 9.65. The van der Waals surface area contributed by atoms with Crippen LogP contribution in [0.3, 0.4) is 0 Å². The number of alkyl halides is 1. The Bertz CT molecular complexity index is 161. The minimum atomic E-state index is -0.801. The molecule has 1 aliphatic heterocycles. The maximum atomic E-state index is 10.7. The van der Waals surface area contributed by atoms with Crippen molar-refractivity contribution >= 4 is 17.7 Å². The van der Waals surface area contributed by atoms with Crippen LogP contribution in [0.1, 0.15) is 25.7 Å². The number of carboxylic acid groups (broad SMARTS) is 1. The van der Waals surface area contributed by atoms with Gasteiger partial charge in [-0.15, -0.1) is 11.6 Å². The van der Waals surface area contributed by atoms with Crippen LogP contribution in [0.5, 0.6) is 0 Å². The molecule has 0 bridgehead atoms. The molecule has 4 heteroatoms. The van der Waals surface area contributed by atoms with Gasteiger partial charge in [0.05, 0.1) is 0 Å². The minimum absolute atomic E-state index is 0.161. The van der Waals surface area contributed by atoms with Crippen LogP contribution < -0.4 is 0 Å². The highest BCUT2D eigenvalue weighted by atomic mass is 35.5. The normalized spacial score (nSPS) is 24.1. The number of piperidine rings is 1. The quantitative estimate of drug-likeness (QED) is 0.680. The summed E-state index contributed by atoms with van der Waals surface area (Å²) in [5, 5.41) is 8.82. The number of carbonyl (C=O) groups is 1. The fraction of sp³-hybridized carbons (Fsp3) is 0.875. The molecule has 0 aliphatic carbocycles. The zero-order chi connectivity index (χ0) is 8.97. The third-order valence-electron chi connectivity index (χ3n) is 2.32. The summed E-state index contributed by atoms with van der Waals surface area (Å²) in [6.07, 6.45) is 3.08. The van der Waals surface area contributed by atoms with Gasteiger partial charge in [0, 0.05) is 18.5 Å². The molecular weight excluding hydrogens is 178 g/mol. The van der Waals surface area contributed by atoms with Gasteiger partial charge in [0.15, 0.2) is 0 Å². The van der Waals surface area contributed by atoms with Crippen molar-refractivity contribution < 1.29 is 9.90 Å². The van der Waals surface area contributed by atoms with Crippen molar-refractivity contribution in [1.29, 1.82) is 0 Å². The van der Waals surface area contributed by atoms with Crippen LogP contribution >= 0.6 is 11.6 Å². The van der Waals surface area contributed by atoms with E-state index in [1.54, 1.807) is 0 Å². The number of halogens is 1. The second-order valence-corrected chi connectivity index (χ2v) is 3.48. The van der Waals surface area contributed by atoms with E-state index in [4.69, 9.17) is 16.7 Å². The molecule has 3 nitrogen and oxygen atoms in total. The van der Waals surface area contributed by atoms with Crippen molar-refractivity contribution in [2.45, 2.75) is 31.7 Å².